The molecule has 8 heteroatoms. The smallest absolute Gasteiger partial charge is 0.408 e. The standard InChI is InChI=1S/C31H41N3O5/c1-8-23(33-29(37)39-31(5,6)7)27-32-24-19-14-16-21(15-12-13-20-25(35)38-30(2,3)4)26(24)28(36)34(27)22-17-10-9-11-18-22/h9-11,14,16-19,23H,8,12-13,15,20H2,1-7H3,(H,33,37). The van der Waals surface area contributed by atoms with Crippen LogP contribution in [-0.4, -0.2) is 32.8 Å². The van der Waals surface area contributed by atoms with Gasteiger partial charge in [0.1, 0.15) is 17.0 Å². The van der Waals surface area contributed by atoms with E-state index in [2.05, 4.69) is 5.32 Å². The van der Waals surface area contributed by atoms with Crippen LogP contribution in [0.3, 0.4) is 0 Å². The summed E-state index contributed by atoms with van der Waals surface area (Å²) in [7, 11) is 0. The minimum Gasteiger partial charge on any atom is -0.460 e. The van der Waals surface area contributed by atoms with Gasteiger partial charge in [0, 0.05) is 6.42 Å². The monoisotopic (exact) mass is 535 g/mol. The van der Waals surface area contributed by atoms with Crippen LogP contribution in [-0.2, 0) is 20.7 Å². The van der Waals surface area contributed by atoms with Crippen molar-refractivity contribution < 1.29 is 19.1 Å². The number of alkyl carbamates (subject to hydrolysis) is 1. The van der Waals surface area contributed by atoms with Crippen LogP contribution in [0.15, 0.2) is 53.3 Å². The zero-order chi connectivity index (χ0) is 28.8. The molecule has 1 heterocycles. The van der Waals surface area contributed by atoms with Gasteiger partial charge in [0.2, 0.25) is 0 Å². The number of hydrogen-bond donors (Lipinski definition) is 1. The van der Waals surface area contributed by atoms with Gasteiger partial charge in [0.25, 0.3) is 5.56 Å². The van der Waals surface area contributed by atoms with E-state index in [9.17, 15) is 14.4 Å². The molecule has 0 spiro atoms. The van der Waals surface area contributed by atoms with Crippen LogP contribution in [0.2, 0.25) is 0 Å². The third-order valence-corrected chi connectivity index (χ3v) is 5.93. The van der Waals surface area contributed by atoms with Crippen LogP contribution < -0.4 is 10.9 Å². The molecule has 8 nitrogen and oxygen atoms in total. The van der Waals surface area contributed by atoms with Crippen LogP contribution in [0.5, 0.6) is 0 Å². The second kappa shape index (κ2) is 12.5. The van der Waals surface area contributed by atoms with E-state index in [0.717, 1.165) is 12.0 Å². The first kappa shape index (κ1) is 29.9. The molecule has 1 unspecified atom stereocenters. The van der Waals surface area contributed by atoms with Gasteiger partial charge in [-0.25, -0.2) is 9.78 Å². The van der Waals surface area contributed by atoms with Crippen molar-refractivity contribution >= 4 is 23.0 Å². The Hall–Kier alpha value is -3.68. The molecule has 0 aliphatic heterocycles. The summed E-state index contributed by atoms with van der Waals surface area (Å²) in [6.07, 6.45) is 2.27. The number of amides is 1. The predicted octanol–water partition coefficient (Wildman–Crippen LogP) is 6.42. The normalized spacial score (nSPS) is 12.7. The van der Waals surface area contributed by atoms with Crippen molar-refractivity contribution in [2.75, 3.05) is 0 Å². The zero-order valence-electron chi connectivity index (χ0n) is 24.2. The van der Waals surface area contributed by atoms with Gasteiger partial charge >= 0.3 is 12.1 Å². The number of para-hydroxylation sites is 1. The third-order valence-electron chi connectivity index (χ3n) is 5.93. The highest BCUT2D eigenvalue weighted by atomic mass is 16.6. The number of nitrogens with one attached hydrogen (secondary N) is 1. The van der Waals surface area contributed by atoms with E-state index in [1.54, 1.807) is 25.3 Å². The van der Waals surface area contributed by atoms with E-state index >= 15 is 0 Å². The SMILES string of the molecule is CCC(NC(=O)OC(C)(C)C)c1nc2cccc(CCCCC(=O)OC(C)(C)C)c2c(=O)n1-c1ccccc1. The Kier molecular flexibility index (Phi) is 9.54. The minimum atomic E-state index is -0.656. The molecule has 0 radical (unpaired) electrons. The molecule has 39 heavy (non-hydrogen) atoms. The molecule has 1 atom stereocenters. The molecule has 0 saturated heterocycles. The van der Waals surface area contributed by atoms with Crippen molar-refractivity contribution in [3.05, 3.63) is 70.3 Å². The van der Waals surface area contributed by atoms with Crippen molar-refractivity contribution in [1.82, 2.24) is 14.9 Å². The molecule has 0 saturated carbocycles. The third kappa shape index (κ3) is 8.40. The van der Waals surface area contributed by atoms with Gasteiger partial charge in [-0.1, -0.05) is 37.3 Å². The number of aromatic nitrogens is 2. The first-order valence-corrected chi connectivity index (χ1v) is 13.6. The largest absolute Gasteiger partial charge is 0.460 e. The van der Waals surface area contributed by atoms with Gasteiger partial charge in [0.05, 0.1) is 22.6 Å². The van der Waals surface area contributed by atoms with E-state index in [1.807, 2.05) is 76.2 Å². The molecule has 0 fully saturated rings. The molecule has 1 amide bonds. The number of benzene rings is 2. The Morgan fingerprint density at radius 2 is 1.59 bits per heavy atom. The lowest BCUT2D eigenvalue weighted by molar-refractivity contribution is -0.154. The number of carbonyl (C=O) groups excluding carboxylic acids is 2. The Balaban J connectivity index is 1.98. The summed E-state index contributed by atoms with van der Waals surface area (Å²) >= 11 is 0. The molecule has 0 aliphatic rings. The van der Waals surface area contributed by atoms with Crippen LogP contribution in [0.1, 0.15) is 91.6 Å². The minimum absolute atomic E-state index is 0.201. The quantitative estimate of drug-likeness (QED) is 0.251. The summed E-state index contributed by atoms with van der Waals surface area (Å²) in [4.78, 5) is 43.8. The van der Waals surface area contributed by atoms with Gasteiger partial charge in [-0.05, 0) is 91.0 Å². The summed E-state index contributed by atoms with van der Waals surface area (Å²) in [6, 6.07) is 14.4. The lowest BCUT2D eigenvalue weighted by Gasteiger charge is -2.25. The molecule has 1 aromatic heterocycles. The first-order chi connectivity index (χ1) is 18.3. The number of ether oxygens (including phenoxy) is 2. The van der Waals surface area contributed by atoms with E-state index in [1.165, 1.54) is 0 Å². The van der Waals surface area contributed by atoms with Crippen molar-refractivity contribution in [3.63, 3.8) is 0 Å². The Bertz CT molecular complexity index is 1350. The molecular weight excluding hydrogens is 494 g/mol. The van der Waals surface area contributed by atoms with Gasteiger partial charge in [-0.3, -0.25) is 14.2 Å². The van der Waals surface area contributed by atoms with Crippen molar-refractivity contribution in [1.29, 1.82) is 0 Å². The molecular formula is C31H41N3O5. The van der Waals surface area contributed by atoms with E-state index in [-0.39, 0.29) is 11.5 Å². The summed E-state index contributed by atoms with van der Waals surface area (Å²) in [5, 5.41) is 3.43. The predicted molar refractivity (Wildman–Crippen MR) is 153 cm³/mol. The van der Waals surface area contributed by atoms with Crippen LogP contribution >= 0.6 is 0 Å². The Labute approximate surface area is 230 Å². The molecule has 0 bridgehead atoms. The fourth-order valence-corrected chi connectivity index (χ4v) is 4.36. The topological polar surface area (TPSA) is 99.5 Å². The average Bonchev–Trinajstić information content (AvgIpc) is 2.83. The molecule has 1 N–H and O–H groups in total. The highest BCUT2D eigenvalue weighted by Gasteiger charge is 2.25. The average molecular weight is 536 g/mol. The maximum atomic E-state index is 14.1. The Morgan fingerprint density at radius 3 is 2.21 bits per heavy atom. The summed E-state index contributed by atoms with van der Waals surface area (Å²) in [6.45, 7) is 12.9. The van der Waals surface area contributed by atoms with Crippen molar-refractivity contribution in [2.24, 2.45) is 0 Å². The summed E-state index contributed by atoms with van der Waals surface area (Å²) in [5.41, 5.74) is 0.739. The first-order valence-electron chi connectivity index (χ1n) is 13.6. The van der Waals surface area contributed by atoms with Gasteiger partial charge in [-0.15, -0.1) is 0 Å². The van der Waals surface area contributed by atoms with Crippen molar-refractivity contribution in [3.8, 4) is 5.69 Å². The second-order valence-corrected chi connectivity index (χ2v) is 11.7. The van der Waals surface area contributed by atoms with E-state index < -0.39 is 23.3 Å². The number of esters is 1. The zero-order valence-corrected chi connectivity index (χ0v) is 24.2. The van der Waals surface area contributed by atoms with E-state index in [0.29, 0.717) is 48.1 Å². The number of rotatable bonds is 9. The summed E-state index contributed by atoms with van der Waals surface area (Å²) in [5.74, 6) is 0.218. The summed E-state index contributed by atoms with van der Waals surface area (Å²) < 4.78 is 12.5. The number of hydrogen-bond acceptors (Lipinski definition) is 6. The van der Waals surface area contributed by atoms with Crippen molar-refractivity contribution in [2.45, 2.75) is 97.8 Å². The Morgan fingerprint density at radius 1 is 0.923 bits per heavy atom. The molecule has 3 aromatic rings. The van der Waals surface area contributed by atoms with Gasteiger partial charge in [-0.2, -0.15) is 0 Å². The fourth-order valence-electron chi connectivity index (χ4n) is 4.36. The van der Waals surface area contributed by atoms with Crippen LogP contribution in [0, 0.1) is 0 Å². The van der Waals surface area contributed by atoms with Gasteiger partial charge < -0.3 is 14.8 Å². The maximum absolute atomic E-state index is 14.1. The number of fused-ring (bicyclic) bond motifs is 1. The molecule has 2 aromatic carbocycles. The van der Waals surface area contributed by atoms with Crippen LogP contribution in [0.4, 0.5) is 4.79 Å². The lowest BCUT2D eigenvalue weighted by Crippen LogP contribution is -2.37. The molecule has 210 valence electrons. The van der Waals surface area contributed by atoms with Crippen LogP contribution in [0.25, 0.3) is 16.6 Å². The van der Waals surface area contributed by atoms with E-state index in [4.69, 9.17) is 14.5 Å². The molecule has 0 aliphatic carbocycles. The number of carbonyl (C=O) groups is 2. The van der Waals surface area contributed by atoms with Gasteiger partial charge in [0.15, 0.2) is 0 Å². The number of nitrogens with zero attached hydrogens (tertiary/aromatic N) is 2. The highest BCUT2D eigenvalue weighted by molar-refractivity contribution is 5.82. The lowest BCUT2D eigenvalue weighted by atomic mass is 10.0. The molecule has 3 rings (SSSR count). The highest BCUT2D eigenvalue weighted by Crippen LogP contribution is 2.24. The second-order valence-electron chi connectivity index (χ2n) is 11.7. The maximum Gasteiger partial charge on any atom is 0.408 e. The number of aryl methyl sites for hydroxylation is 1. The fraction of sp³-hybridized carbons (Fsp3) is 0.484. The number of unbranched alkanes of at least 4 members (excludes halogenated alkanes) is 1.